The molecule has 0 aliphatic rings. The minimum atomic E-state index is -1.16. The Bertz CT molecular complexity index is 321. The fraction of sp³-hybridized carbons (Fsp3) is 0.889. The first kappa shape index (κ1) is 20.9. The van der Waals surface area contributed by atoms with E-state index >= 15 is 0 Å². The molecule has 22 heavy (non-hydrogen) atoms. The summed E-state index contributed by atoms with van der Waals surface area (Å²) >= 11 is 0. The monoisotopic (exact) mass is 314 g/mol. The van der Waals surface area contributed by atoms with Crippen LogP contribution in [0.4, 0.5) is 0 Å². The number of ether oxygens (including phenoxy) is 2. The topological polar surface area (TPSA) is 52.6 Å². The molecule has 0 heterocycles. The summed E-state index contributed by atoms with van der Waals surface area (Å²) in [6.07, 6.45) is 1.67. The summed E-state index contributed by atoms with van der Waals surface area (Å²) in [6, 6.07) is 0. The van der Waals surface area contributed by atoms with Crippen LogP contribution in [0, 0.1) is 23.2 Å². The van der Waals surface area contributed by atoms with Crippen LogP contribution in [0.3, 0.4) is 0 Å². The molecule has 0 saturated heterocycles. The largest absolute Gasteiger partial charge is 0.465 e. The van der Waals surface area contributed by atoms with Gasteiger partial charge in [0, 0.05) is 0 Å². The molecule has 0 N–H and O–H groups in total. The minimum Gasteiger partial charge on any atom is -0.465 e. The molecule has 0 atom stereocenters. The van der Waals surface area contributed by atoms with Gasteiger partial charge in [-0.15, -0.1) is 0 Å². The number of esters is 2. The van der Waals surface area contributed by atoms with Gasteiger partial charge in [0.25, 0.3) is 0 Å². The van der Waals surface area contributed by atoms with Crippen LogP contribution in [0.5, 0.6) is 0 Å². The van der Waals surface area contributed by atoms with E-state index in [9.17, 15) is 9.59 Å². The van der Waals surface area contributed by atoms with Crippen molar-refractivity contribution in [3.8, 4) is 0 Å². The van der Waals surface area contributed by atoms with E-state index in [1.165, 1.54) is 0 Å². The molecule has 4 heteroatoms. The Morgan fingerprint density at radius 1 is 0.818 bits per heavy atom. The highest BCUT2D eigenvalue weighted by atomic mass is 16.6. The lowest BCUT2D eigenvalue weighted by Crippen LogP contribution is -2.44. The molecule has 0 aliphatic carbocycles. The van der Waals surface area contributed by atoms with Crippen molar-refractivity contribution < 1.29 is 19.1 Å². The average Bonchev–Trinajstić information content (AvgIpc) is 2.40. The van der Waals surface area contributed by atoms with Gasteiger partial charge in [-0.1, -0.05) is 54.9 Å². The molecule has 4 nitrogen and oxygen atoms in total. The first-order valence-electron chi connectivity index (χ1n) is 8.50. The zero-order valence-electron chi connectivity index (χ0n) is 15.4. The molecule has 0 aromatic heterocycles. The van der Waals surface area contributed by atoms with E-state index in [0.717, 1.165) is 6.42 Å². The SMILES string of the molecule is CCCC(CC(C)C)(C(=O)OCC(C)C)C(=O)OCC(C)C. The van der Waals surface area contributed by atoms with Gasteiger partial charge in [-0.25, -0.2) is 0 Å². The predicted octanol–water partition coefficient (Wildman–Crippen LogP) is 4.22. The van der Waals surface area contributed by atoms with Crippen molar-refractivity contribution in [2.75, 3.05) is 13.2 Å². The van der Waals surface area contributed by atoms with Crippen molar-refractivity contribution >= 4 is 11.9 Å². The molecule has 0 aliphatic heterocycles. The maximum atomic E-state index is 12.7. The van der Waals surface area contributed by atoms with Crippen molar-refractivity contribution in [2.45, 2.75) is 67.7 Å². The Labute approximate surface area is 135 Å². The van der Waals surface area contributed by atoms with Crippen molar-refractivity contribution in [3.05, 3.63) is 0 Å². The van der Waals surface area contributed by atoms with Gasteiger partial charge in [0.2, 0.25) is 0 Å². The fourth-order valence-electron chi connectivity index (χ4n) is 2.44. The summed E-state index contributed by atoms with van der Waals surface area (Å²) in [5, 5.41) is 0. The first-order chi connectivity index (χ1) is 10.2. The molecule has 0 radical (unpaired) electrons. The van der Waals surface area contributed by atoms with Crippen LogP contribution in [0.2, 0.25) is 0 Å². The predicted molar refractivity (Wildman–Crippen MR) is 88.4 cm³/mol. The van der Waals surface area contributed by atoms with Gasteiger partial charge in [0.15, 0.2) is 5.41 Å². The molecule has 0 amide bonds. The maximum absolute atomic E-state index is 12.7. The summed E-state index contributed by atoms with van der Waals surface area (Å²) in [6.45, 7) is 14.6. The second kappa shape index (κ2) is 9.86. The van der Waals surface area contributed by atoms with Crippen LogP contribution in [-0.2, 0) is 19.1 Å². The number of rotatable bonds is 10. The normalized spacial score (nSPS) is 12.1. The summed E-state index contributed by atoms with van der Waals surface area (Å²) < 4.78 is 10.8. The number of hydrogen-bond donors (Lipinski definition) is 0. The van der Waals surface area contributed by atoms with E-state index in [-0.39, 0.29) is 17.8 Å². The van der Waals surface area contributed by atoms with E-state index in [1.807, 2.05) is 48.5 Å². The number of carbonyl (C=O) groups excluding carboxylic acids is 2. The summed E-state index contributed by atoms with van der Waals surface area (Å²) in [5.41, 5.74) is -1.16. The highest BCUT2D eigenvalue weighted by Gasteiger charge is 2.48. The highest BCUT2D eigenvalue weighted by Crippen LogP contribution is 2.35. The molecule has 0 unspecified atom stereocenters. The zero-order valence-corrected chi connectivity index (χ0v) is 15.4. The molecule has 0 bridgehead atoms. The second-order valence-corrected chi connectivity index (χ2v) is 7.41. The summed E-state index contributed by atoms with van der Waals surface area (Å²) in [7, 11) is 0. The molecular formula is C18H34O4. The lowest BCUT2D eigenvalue weighted by molar-refractivity contribution is -0.176. The summed E-state index contributed by atoms with van der Waals surface area (Å²) in [4.78, 5) is 25.3. The Morgan fingerprint density at radius 3 is 1.50 bits per heavy atom. The van der Waals surface area contributed by atoms with Gasteiger partial charge in [-0.05, 0) is 30.6 Å². The van der Waals surface area contributed by atoms with E-state index in [4.69, 9.17) is 9.47 Å². The lowest BCUT2D eigenvalue weighted by atomic mass is 9.76. The van der Waals surface area contributed by atoms with Crippen LogP contribution in [-0.4, -0.2) is 25.2 Å². The zero-order chi connectivity index (χ0) is 17.3. The quantitative estimate of drug-likeness (QED) is 0.447. The number of carbonyl (C=O) groups is 2. The van der Waals surface area contributed by atoms with Gasteiger partial charge in [-0.2, -0.15) is 0 Å². The molecule has 0 saturated carbocycles. The molecule has 0 aromatic rings. The first-order valence-corrected chi connectivity index (χ1v) is 8.50. The highest BCUT2D eigenvalue weighted by molar-refractivity contribution is 6.00. The third-order valence-electron chi connectivity index (χ3n) is 3.31. The van der Waals surface area contributed by atoms with Crippen LogP contribution in [0.1, 0.15) is 67.7 Å². The third-order valence-corrected chi connectivity index (χ3v) is 3.31. The fourth-order valence-corrected chi connectivity index (χ4v) is 2.44. The second-order valence-electron chi connectivity index (χ2n) is 7.41. The van der Waals surface area contributed by atoms with Crippen LogP contribution >= 0.6 is 0 Å². The van der Waals surface area contributed by atoms with E-state index in [1.54, 1.807) is 0 Å². The minimum absolute atomic E-state index is 0.213. The Morgan fingerprint density at radius 2 is 1.23 bits per heavy atom. The van der Waals surface area contributed by atoms with Crippen LogP contribution in [0.25, 0.3) is 0 Å². The van der Waals surface area contributed by atoms with E-state index < -0.39 is 17.4 Å². The molecule has 130 valence electrons. The average molecular weight is 314 g/mol. The smallest absolute Gasteiger partial charge is 0.323 e. The maximum Gasteiger partial charge on any atom is 0.323 e. The summed E-state index contributed by atoms with van der Waals surface area (Å²) in [5.74, 6) is -0.149. The molecule has 0 spiro atoms. The van der Waals surface area contributed by atoms with Gasteiger partial charge in [0.1, 0.15) is 0 Å². The van der Waals surface area contributed by atoms with Gasteiger partial charge >= 0.3 is 11.9 Å². The third kappa shape index (κ3) is 6.80. The van der Waals surface area contributed by atoms with Gasteiger partial charge < -0.3 is 9.47 Å². The van der Waals surface area contributed by atoms with Gasteiger partial charge in [-0.3, -0.25) is 9.59 Å². The van der Waals surface area contributed by atoms with Crippen LogP contribution in [0.15, 0.2) is 0 Å². The Balaban J connectivity index is 5.29. The van der Waals surface area contributed by atoms with Crippen LogP contribution < -0.4 is 0 Å². The van der Waals surface area contributed by atoms with Crippen molar-refractivity contribution in [2.24, 2.45) is 23.2 Å². The van der Waals surface area contributed by atoms with E-state index in [2.05, 4.69) is 0 Å². The van der Waals surface area contributed by atoms with Gasteiger partial charge in [0.05, 0.1) is 13.2 Å². The number of hydrogen-bond acceptors (Lipinski definition) is 4. The van der Waals surface area contributed by atoms with Crippen molar-refractivity contribution in [1.29, 1.82) is 0 Å². The van der Waals surface area contributed by atoms with Crippen molar-refractivity contribution in [3.63, 3.8) is 0 Å². The standard InChI is InChI=1S/C18H34O4/c1-8-9-18(10-13(2)3,16(19)21-11-14(4)5)17(20)22-12-15(6)7/h13-15H,8-12H2,1-7H3. The molecule has 0 aromatic carbocycles. The molecule has 0 fully saturated rings. The van der Waals surface area contributed by atoms with Crippen molar-refractivity contribution in [1.82, 2.24) is 0 Å². The Kier molecular flexibility index (Phi) is 9.38. The lowest BCUT2D eigenvalue weighted by Gasteiger charge is -2.31. The molecule has 0 rings (SSSR count). The Hall–Kier alpha value is -1.06. The molecular weight excluding hydrogens is 280 g/mol. The van der Waals surface area contributed by atoms with E-state index in [0.29, 0.717) is 26.1 Å².